The lowest BCUT2D eigenvalue weighted by atomic mass is 10.2. The van der Waals surface area contributed by atoms with E-state index in [0.29, 0.717) is 5.69 Å². The Hall–Kier alpha value is -1.04. The number of benzene rings is 1. The Balaban J connectivity index is 2.06. The van der Waals surface area contributed by atoms with Crippen molar-refractivity contribution in [3.8, 4) is 0 Å². The third kappa shape index (κ3) is 3.04. The molecule has 0 atom stereocenters. The molecule has 0 fully saturated rings. The molecule has 6 heteroatoms. The summed E-state index contributed by atoms with van der Waals surface area (Å²) in [6, 6.07) is 6.79. The van der Waals surface area contributed by atoms with Gasteiger partial charge in [0.2, 0.25) is 0 Å². The molecule has 1 aromatic carbocycles. The molecule has 0 saturated carbocycles. The van der Waals surface area contributed by atoms with E-state index in [-0.39, 0.29) is 17.2 Å². The standard InChI is InChI=1S/C12H9BrClNO2S/c13-7-4-8(18-6-7)5-17-12(16)9-2-1-3-10(15)11(9)14/h1-4,6H,5,15H2. The van der Waals surface area contributed by atoms with Gasteiger partial charge in [0.05, 0.1) is 16.3 Å². The molecule has 0 amide bonds. The minimum Gasteiger partial charge on any atom is -0.456 e. The minimum atomic E-state index is -0.475. The van der Waals surface area contributed by atoms with Crippen molar-refractivity contribution in [3.63, 3.8) is 0 Å². The number of rotatable bonds is 3. The smallest absolute Gasteiger partial charge is 0.340 e. The van der Waals surface area contributed by atoms with Crippen LogP contribution in [0.15, 0.2) is 34.1 Å². The Morgan fingerprint density at radius 3 is 2.94 bits per heavy atom. The predicted octanol–water partition coefficient (Wildman–Crippen LogP) is 4.10. The van der Waals surface area contributed by atoms with Crippen molar-refractivity contribution < 1.29 is 9.53 Å². The Morgan fingerprint density at radius 2 is 2.28 bits per heavy atom. The summed E-state index contributed by atoms with van der Waals surface area (Å²) in [6.45, 7) is 0.222. The van der Waals surface area contributed by atoms with Crippen LogP contribution in [0.5, 0.6) is 0 Å². The lowest BCUT2D eigenvalue weighted by molar-refractivity contribution is 0.0477. The highest BCUT2D eigenvalue weighted by Crippen LogP contribution is 2.25. The van der Waals surface area contributed by atoms with Gasteiger partial charge in [-0.25, -0.2) is 4.79 Å². The van der Waals surface area contributed by atoms with E-state index in [1.54, 1.807) is 18.2 Å². The first-order valence-corrected chi connectivity index (χ1v) is 7.07. The zero-order valence-electron chi connectivity index (χ0n) is 9.15. The molecule has 0 spiro atoms. The summed E-state index contributed by atoms with van der Waals surface area (Å²) in [5, 5.41) is 2.16. The monoisotopic (exact) mass is 345 g/mol. The molecule has 0 radical (unpaired) electrons. The Bertz CT molecular complexity index is 585. The van der Waals surface area contributed by atoms with Gasteiger partial charge in [0.1, 0.15) is 6.61 Å². The minimum absolute atomic E-state index is 0.222. The second-order valence-electron chi connectivity index (χ2n) is 3.52. The molecule has 0 aliphatic carbocycles. The van der Waals surface area contributed by atoms with Crippen LogP contribution in [-0.4, -0.2) is 5.97 Å². The number of anilines is 1. The molecule has 0 saturated heterocycles. The molecule has 94 valence electrons. The molecule has 0 bridgehead atoms. The third-order valence-electron chi connectivity index (χ3n) is 2.22. The number of thiophene rings is 1. The molecule has 2 aromatic rings. The maximum absolute atomic E-state index is 11.8. The fourth-order valence-corrected chi connectivity index (χ4v) is 2.92. The number of nitrogens with two attached hydrogens (primary N) is 1. The van der Waals surface area contributed by atoms with Crippen LogP contribution < -0.4 is 5.73 Å². The van der Waals surface area contributed by atoms with E-state index in [1.165, 1.54) is 11.3 Å². The molecule has 3 nitrogen and oxygen atoms in total. The SMILES string of the molecule is Nc1cccc(C(=O)OCc2cc(Br)cs2)c1Cl. The predicted molar refractivity (Wildman–Crippen MR) is 77.0 cm³/mol. The summed E-state index contributed by atoms with van der Waals surface area (Å²) in [5.41, 5.74) is 6.28. The summed E-state index contributed by atoms with van der Waals surface area (Å²) in [6.07, 6.45) is 0. The molecule has 1 aromatic heterocycles. The third-order valence-corrected chi connectivity index (χ3v) is 4.31. The zero-order chi connectivity index (χ0) is 13.1. The summed E-state index contributed by atoms with van der Waals surface area (Å²) >= 11 is 10.8. The van der Waals surface area contributed by atoms with Crippen LogP contribution in [0.25, 0.3) is 0 Å². The van der Waals surface area contributed by atoms with Crippen LogP contribution in [0, 0.1) is 0 Å². The van der Waals surface area contributed by atoms with E-state index >= 15 is 0 Å². The maximum atomic E-state index is 11.8. The van der Waals surface area contributed by atoms with Crippen LogP contribution in [0.4, 0.5) is 5.69 Å². The second kappa shape index (κ2) is 5.73. The average molecular weight is 347 g/mol. The van der Waals surface area contributed by atoms with Crippen molar-refractivity contribution in [3.05, 3.63) is 49.6 Å². The van der Waals surface area contributed by atoms with Crippen LogP contribution in [-0.2, 0) is 11.3 Å². The van der Waals surface area contributed by atoms with Crippen molar-refractivity contribution in [1.82, 2.24) is 0 Å². The maximum Gasteiger partial charge on any atom is 0.340 e. The molecule has 0 aliphatic heterocycles. The molecular weight excluding hydrogens is 338 g/mol. The van der Waals surface area contributed by atoms with Gasteiger partial charge < -0.3 is 10.5 Å². The number of carbonyl (C=O) groups excluding carboxylic acids is 1. The van der Waals surface area contributed by atoms with Crippen LogP contribution >= 0.6 is 38.9 Å². The van der Waals surface area contributed by atoms with Gasteiger partial charge in [-0.05, 0) is 34.1 Å². The van der Waals surface area contributed by atoms with E-state index in [4.69, 9.17) is 22.1 Å². The van der Waals surface area contributed by atoms with E-state index in [1.807, 2.05) is 11.4 Å². The molecule has 2 rings (SSSR count). The lowest BCUT2D eigenvalue weighted by Gasteiger charge is -2.06. The number of esters is 1. The normalized spacial score (nSPS) is 10.3. The summed E-state index contributed by atoms with van der Waals surface area (Å²) < 4.78 is 6.15. The van der Waals surface area contributed by atoms with Gasteiger partial charge in [0.25, 0.3) is 0 Å². The van der Waals surface area contributed by atoms with Gasteiger partial charge in [-0.1, -0.05) is 17.7 Å². The summed E-state index contributed by atoms with van der Waals surface area (Å²) in [5.74, 6) is -0.475. The van der Waals surface area contributed by atoms with Crippen LogP contribution in [0.3, 0.4) is 0 Å². The van der Waals surface area contributed by atoms with E-state index in [2.05, 4.69) is 15.9 Å². The van der Waals surface area contributed by atoms with E-state index < -0.39 is 5.97 Å². The van der Waals surface area contributed by atoms with E-state index in [0.717, 1.165) is 9.35 Å². The van der Waals surface area contributed by atoms with E-state index in [9.17, 15) is 4.79 Å². The number of ether oxygens (including phenoxy) is 1. The van der Waals surface area contributed by atoms with Crippen molar-refractivity contribution >= 4 is 50.5 Å². The van der Waals surface area contributed by atoms with Gasteiger partial charge in [-0.15, -0.1) is 11.3 Å². The number of hydrogen-bond donors (Lipinski definition) is 1. The first kappa shape index (κ1) is 13.4. The van der Waals surface area contributed by atoms with Crippen molar-refractivity contribution in [1.29, 1.82) is 0 Å². The Morgan fingerprint density at radius 1 is 1.50 bits per heavy atom. The number of nitrogen functional groups attached to an aromatic ring is 1. The largest absolute Gasteiger partial charge is 0.456 e. The quantitative estimate of drug-likeness (QED) is 0.672. The van der Waals surface area contributed by atoms with Gasteiger partial charge in [-0.3, -0.25) is 0 Å². The van der Waals surface area contributed by atoms with Crippen molar-refractivity contribution in [2.24, 2.45) is 0 Å². The number of hydrogen-bond acceptors (Lipinski definition) is 4. The Kier molecular flexibility index (Phi) is 4.27. The van der Waals surface area contributed by atoms with Gasteiger partial charge >= 0.3 is 5.97 Å². The topological polar surface area (TPSA) is 52.3 Å². The van der Waals surface area contributed by atoms with Gasteiger partial charge in [0.15, 0.2) is 0 Å². The highest BCUT2D eigenvalue weighted by Gasteiger charge is 2.13. The molecule has 0 aliphatic rings. The zero-order valence-corrected chi connectivity index (χ0v) is 12.3. The number of carbonyl (C=O) groups is 1. The second-order valence-corrected chi connectivity index (χ2v) is 5.81. The highest BCUT2D eigenvalue weighted by atomic mass is 79.9. The fourth-order valence-electron chi connectivity index (χ4n) is 1.35. The van der Waals surface area contributed by atoms with Gasteiger partial charge in [0, 0.05) is 14.7 Å². The molecule has 1 heterocycles. The first-order chi connectivity index (χ1) is 8.58. The van der Waals surface area contributed by atoms with Crippen molar-refractivity contribution in [2.45, 2.75) is 6.61 Å². The highest BCUT2D eigenvalue weighted by molar-refractivity contribution is 9.10. The van der Waals surface area contributed by atoms with Crippen LogP contribution in [0.2, 0.25) is 5.02 Å². The average Bonchev–Trinajstić information content (AvgIpc) is 2.76. The molecule has 0 unspecified atom stereocenters. The molecule has 2 N–H and O–H groups in total. The molecular formula is C12H9BrClNO2S. The van der Waals surface area contributed by atoms with Crippen LogP contribution in [0.1, 0.15) is 15.2 Å². The molecule has 18 heavy (non-hydrogen) atoms. The summed E-state index contributed by atoms with van der Waals surface area (Å²) in [7, 11) is 0. The first-order valence-electron chi connectivity index (χ1n) is 5.02. The van der Waals surface area contributed by atoms with Crippen molar-refractivity contribution in [2.75, 3.05) is 5.73 Å². The number of halogens is 2. The summed E-state index contributed by atoms with van der Waals surface area (Å²) in [4.78, 5) is 12.8. The lowest BCUT2D eigenvalue weighted by Crippen LogP contribution is -2.06. The van der Waals surface area contributed by atoms with Gasteiger partial charge in [-0.2, -0.15) is 0 Å². The fraction of sp³-hybridized carbons (Fsp3) is 0.0833. The Labute approximate surface area is 122 Å².